The van der Waals surface area contributed by atoms with Crippen LogP contribution in [0.5, 0.6) is 0 Å². The van der Waals surface area contributed by atoms with Crippen LogP contribution in [-0.2, 0) is 6.54 Å². The highest BCUT2D eigenvalue weighted by Crippen LogP contribution is 2.18. The lowest BCUT2D eigenvalue weighted by molar-refractivity contribution is 0.0320. The number of hydrogen-bond acceptors (Lipinski definition) is 2. The van der Waals surface area contributed by atoms with Gasteiger partial charge in [0.15, 0.2) is 0 Å². The van der Waals surface area contributed by atoms with Gasteiger partial charge in [0.1, 0.15) is 5.82 Å². The number of nitrogens with zero attached hydrogens (tertiary/aromatic N) is 1. The van der Waals surface area contributed by atoms with Gasteiger partial charge in [0.25, 0.3) is 0 Å². The SMILES string of the molecule is C[C@H]1CN(Cc2ccc(F)cc2)CC[C@@H]1O. The summed E-state index contributed by atoms with van der Waals surface area (Å²) >= 11 is 0. The number of aliphatic hydroxyl groups excluding tert-OH is 1. The highest BCUT2D eigenvalue weighted by molar-refractivity contribution is 5.15. The van der Waals surface area contributed by atoms with Gasteiger partial charge in [0.05, 0.1) is 6.10 Å². The molecule has 2 atom stereocenters. The van der Waals surface area contributed by atoms with Crippen LogP contribution in [0, 0.1) is 11.7 Å². The minimum atomic E-state index is -0.189. The van der Waals surface area contributed by atoms with Gasteiger partial charge < -0.3 is 5.11 Å². The van der Waals surface area contributed by atoms with Gasteiger partial charge in [-0.05, 0) is 30.0 Å². The van der Waals surface area contributed by atoms with Gasteiger partial charge in [-0.25, -0.2) is 4.39 Å². The van der Waals surface area contributed by atoms with Crippen molar-refractivity contribution in [2.24, 2.45) is 5.92 Å². The Hall–Kier alpha value is -0.930. The number of likely N-dealkylation sites (tertiary alicyclic amines) is 1. The van der Waals surface area contributed by atoms with Crippen molar-refractivity contribution in [1.29, 1.82) is 0 Å². The van der Waals surface area contributed by atoms with Gasteiger partial charge in [0, 0.05) is 19.6 Å². The molecule has 3 heteroatoms. The predicted octanol–water partition coefficient (Wildman–Crippen LogP) is 2.03. The molecule has 2 rings (SSSR count). The average molecular weight is 223 g/mol. The van der Waals surface area contributed by atoms with E-state index in [1.54, 1.807) is 0 Å². The molecule has 1 aromatic rings. The third-order valence-electron chi connectivity index (χ3n) is 3.26. The van der Waals surface area contributed by atoms with Gasteiger partial charge in [0.2, 0.25) is 0 Å². The molecule has 0 aliphatic carbocycles. The van der Waals surface area contributed by atoms with Crippen molar-refractivity contribution < 1.29 is 9.50 Å². The Morgan fingerprint density at radius 2 is 2.06 bits per heavy atom. The van der Waals surface area contributed by atoms with E-state index in [9.17, 15) is 9.50 Å². The molecule has 0 saturated carbocycles. The van der Waals surface area contributed by atoms with E-state index in [0.717, 1.165) is 31.6 Å². The third kappa shape index (κ3) is 2.80. The highest BCUT2D eigenvalue weighted by Gasteiger charge is 2.23. The quantitative estimate of drug-likeness (QED) is 0.829. The Bertz CT molecular complexity index is 338. The van der Waals surface area contributed by atoms with Crippen molar-refractivity contribution in [1.82, 2.24) is 4.90 Å². The molecule has 0 aromatic heterocycles. The maximum Gasteiger partial charge on any atom is 0.123 e. The second-order valence-electron chi connectivity index (χ2n) is 4.69. The summed E-state index contributed by atoms with van der Waals surface area (Å²) in [5, 5.41) is 9.62. The van der Waals surface area contributed by atoms with Crippen LogP contribution in [0.2, 0.25) is 0 Å². The molecule has 0 amide bonds. The molecule has 0 unspecified atom stereocenters. The summed E-state index contributed by atoms with van der Waals surface area (Å²) < 4.78 is 12.7. The van der Waals surface area contributed by atoms with Crippen molar-refractivity contribution in [3.8, 4) is 0 Å². The molecule has 1 N–H and O–H groups in total. The van der Waals surface area contributed by atoms with E-state index in [0.29, 0.717) is 5.92 Å². The molecule has 1 fully saturated rings. The van der Waals surface area contributed by atoms with Crippen LogP contribution in [0.25, 0.3) is 0 Å². The summed E-state index contributed by atoms with van der Waals surface area (Å²) in [5.74, 6) is 0.139. The minimum absolute atomic E-state index is 0.163. The van der Waals surface area contributed by atoms with E-state index in [1.807, 2.05) is 12.1 Å². The van der Waals surface area contributed by atoms with Crippen LogP contribution in [0.3, 0.4) is 0 Å². The number of rotatable bonds is 2. The van der Waals surface area contributed by atoms with Crippen molar-refractivity contribution in [2.75, 3.05) is 13.1 Å². The predicted molar refractivity (Wildman–Crippen MR) is 61.5 cm³/mol. The van der Waals surface area contributed by atoms with Crippen LogP contribution in [-0.4, -0.2) is 29.2 Å². The molecule has 88 valence electrons. The molecule has 1 heterocycles. The normalized spacial score (nSPS) is 26.9. The molecule has 0 spiro atoms. The first-order valence-electron chi connectivity index (χ1n) is 5.80. The first kappa shape index (κ1) is 11.6. The topological polar surface area (TPSA) is 23.5 Å². The van der Waals surface area contributed by atoms with E-state index in [-0.39, 0.29) is 11.9 Å². The number of aliphatic hydroxyl groups is 1. The number of halogens is 1. The van der Waals surface area contributed by atoms with Gasteiger partial charge in [-0.2, -0.15) is 0 Å². The van der Waals surface area contributed by atoms with Gasteiger partial charge in [-0.1, -0.05) is 19.1 Å². The van der Waals surface area contributed by atoms with Crippen molar-refractivity contribution in [3.63, 3.8) is 0 Å². The maximum atomic E-state index is 12.7. The van der Waals surface area contributed by atoms with Crippen molar-refractivity contribution in [3.05, 3.63) is 35.6 Å². The first-order chi connectivity index (χ1) is 7.65. The lowest BCUT2D eigenvalue weighted by atomic mass is 9.96. The summed E-state index contributed by atoms with van der Waals surface area (Å²) in [6, 6.07) is 6.64. The zero-order chi connectivity index (χ0) is 11.5. The summed E-state index contributed by atoms with van der Waals surface area (Å²) in [6.45, 7) is 4.75. The molecular formula is C13H18FNO. The van der Waals surface area contributed by atoms with E-state index >= 15 is 0 Å². The van der Waals surface area contributed by atoms with Crippen LogP contribution >= 0.6 is 0 Å². The summed E-state index contributed by atoms with van der Waals surface area (Å²) in [6.07, 6.45) is 0.673. The largest absolute Gasteiger partial charge is 0.393 e. The van der Waals surface area contributed by atoms with Gasteiger partial charge in [-0.3, -0.25) is 4.90 Å². The van der Waals surface area contributed by atoms with E-state index in [4.69, 9.17) is 0 Å². The molecule has 1 saturated heterocycles. The minimum Gasteiger partial charge on any atom is -0.393 e. The fourth-order valence-electron chi connectivity index (χ4n) is 2.21. The van der Waals surface area contributed by atoms with Crippen LogP contribution in [0.15, 0.2) is 24.3 Å². The van der Waals surface area contributed by atoms with Crippen molar-refractivity contribution >= 4 is 0 Å². The lowest BCUT2D eigenvalue weighted by Crippen LogP contribution is -2.41. The summed E-state index contributed by atoms with van der Waals surface area (Å²) in [5.41, 5.74) is 1.13. The molecule has 0 radical (unpaired) electrons. The molecule has 16 heavy (non-hydrogen) atoms. The molecule has 2 nitrogen and oxygen atoms in total. The van der Waals surface area contributed by atoms with Crippen LogP contribution < -0.4 is 0 Å². The second kappa shape index (κ2) is 4.93. The Labute approximate surface area is 95.7 Å². The Morgan fingerprint density at radius 3 is 2.69 bits per heavy atom. The fourth-order valence-corrected chi connectivity index (χ4v) is 2.21. The number of hydrogen-bond donors (Lipinski definition) is 1. The average Bonchev–Trinajstić information content (AvgIpc) is 2.27. The monoisotopic (exact) mass is 223 g/mol. The zero-order valence-corrected chi connectivity index (χ0v) is 9.56. The van der Waals surface area contributed by atoms with Crippen molar-refractivity contribution in [2.45, 2.75) is 26.0 Å². The van der Waals surface area contributed by atoms with Crippen LogP contribution in [0.1, 0.15) is 18.9 Å². The first-order valence-corrected chi connectivity index (χ1v) is 5.80. The Kier molecular flexibility index (Phi) is 3.56. The highest BCUT2D eigenvalue weighted by atomic mass is 19.1. The molecule has 1 aliphatic rings. The fraction of sp³-hybridized carbons (Fsp3) is 0.538. The zero-order valence-electron chi connectivity index (χ0n) is 9.56. The van der Waals surface area contributed by atoms with E-state index in [2.05, 4.69) is 11.8 Å². The third-order valence-corrected chi connectivity index (χ3v) is 3.26. The van der Waals surface area contributed by atoms with E-state index in [1.165, 1.54) is 12.1 Å². The summed E-state index contributed by atoms with van der Waals surface area (Å²) in [4.78, 5) is 2.31. The molecule has 0 bridgehead atoms. The molecular weight excluding hydrogens is 205 g/mol. The van der Waals surface area contributed by atoms with E-state index < -0.39 is 0 Å². The maximum absolute atomic E-state index is 12.7. The Balaban J connectivity index is 1.93. The molecule has 1 aromatic carbocycles. The van der Waals surface area contributed by atoms with Crippen LogP contribution in [0.4, 0.5) is 4.39 Å². The number of piperidine rings is 1. The Morgan fingerprint density at radius 1 is 1.38 bits per heavy atom. The van der Waals surface area contributed by atoms with Gasteiger partial charge >= 0.3 is 0 Å². The number of benzene rings is 1. The van der Waals surface area contributed by atoms with Gasteiger partial charge in [-0.15, -0.1) is 0 Å². The second-order valence-corrected chi connectivity index (χ2v) is 4.69. The lowest BCUT2D eigenvalue weighted by Gasteiger charge is -2.34. The standard InChI is InChI=1S/C13H18FNO/c1-10-8-15(7-6-13(10)16)9-11-2-4-12(14)5-3-11/h2-5,10,13,16H,6-9H2,1H3/t10-,13-/m0/s1. The smallest absolute Gasteiger partial charge is 0.123 e. The summed E-state index contributed by atoms with van der Waals surface area (Å²) in [7, 11) is 0. The molecule has 1 aliphatic heterocycles.